The minimum Gasteiger partial charge on any atom is -0.481 e. The molecular weight excluding hydrogens is 359 g/mol. The van der Waals surface area contributed by atoms with Gasteiger partial charge in [0, 0.05) is 27.3 Å². The van der Waals surface area contributed by atoms with E-state index in [2.05, 4.69) is 6.92 Å². The minimum atomic E-state index is -0.618. The van der Waals surface area contributed by atoms with Crippen molar-refractivity contribution in [1.82, 2.24) is 0 Å². The van der Waals surface area contributed by atoms with Gasteiger partial charge in [-0.25, -0.2) is 0 Å². The van der Waals surface area contributed by atoms with Crippen molar-refractivity contribution in [3.63, 3.8) is 0 Å². The van der Waals surface area contributed by atoms with Gasteiger partial charge in [-0.3, -0.25) is 4.79 Å². The summed E-state index contributed by atoms with van der Waals surface area (Å²) in [4.78, 5) is 10.7. The molecule has 1 N–H and O–H groups in total. The molecule has 0 fully saturated rings. The maximum atomic E-state index is 10.7. The Morgan fingerprint density at radius 3 is 2.15 bits per heavy atom. The van der Waals surface area contributed by atoms with Crippen LogP contribution in [0.25, 0.3) is 0 Å². The van der Waals surface area contributed by atoms with Crippen LogP contribution >= 0.6 is 0 Å². The molecule has 0 amide bonds. The molecule has 1 unspecified atom stereocenters. The quantitative estimate of drug-likeness (QED) is 0.546. The first kappa shape index (κ1) is 15.8. The van der Waals surface area contributed by atoms with Gasteiger partial charge in [-0.15, -0.1) is 0 Å². The molecule has 0 aliphatic carbocycles. The Labute approximate surface area is 101 Å². The van der Waals surface area contributed by atoms with E-state index in [-0.39, 0.29) is 33.2 Å². The predicted molar refractivity (Wildman–Crippen MR) is 55.9 cm³/mol. The number of carboxylic acid groups (broad SMARTS) is 1. The van der Waals surface area contributed by atoms with Crippen LogP contribution in [0, 0.1) is 5.92 Å². The van der Waals surface area contributed by atoms with E-state index in [4.69, 9.17) is 5.11 Å². The van der Waals surface area contributed by atoms with Crippen LogP contribution in [0.3, 0.4) is 0 Å². The summed E-state index contributed by atoms with van der Waals surface area (Å²) < 4.78 is 0. The van der Waals surface area contributed by atoms with E-state index in [0.717, 1.165) is 32.1 Å². The maximum Gasteiger partial charge on any atom is 0.306 e. The fraction of sp³-hybridized carbons (Fsp3) is 0.900. The second-order valence-corrected chi connectivity index (χ2v) is 3.32. The third kappa shape index (κ3) is 8.71. The Kier molecular flexibility index (Phi) is 12.8. The molecule has 1 atom stereocenters. The summed E-state index contributed by atoms with van der Waals surface area (Å²) in [6.07, 6.45) is 6.05. The van der Waals surface area contributed by atoms with Crippen molar-refractivity contribution in [3.8, 4) is 0 Å². The standard InChI is InChI=1S/C10H20O2.Pb/c1-3-5-6-8-9(7-4-2)10(11)12;/h9H,3-8H2,1-2H3,(H,11,12);. The Bertz CT molecular complexity index is 126. The molecule has 13 heavy (non-hydrogen) atoms. The van der Waals surface area contributed by atoms with E-state index >= 15 is 0 Å². The predicted octanol–water partition coefficient (Wildman–Crippen LogP) is 2.69. The molecule has 4 radical (unpaired) electrons. The van der Waals surface area contributed by atoms with Crippen molar-refractivity contribution >= 4 is 33.3 Å². The molecule has 3 heteroatoms. The van der Waals surface area contributed by atoms with Crippen LogP contribution < -0.4 is 0 Å². The number of hydrogen-bond donors (Lipinski definition) is 1. The molecular formula is C10H20O2Pb. The van der Waals surface area contributed by atoms with Gasteiger partial charge >= 0.3 is 5.97 Å². The third-order valence-corrected chi connectivity index (χ3v) is 2.14. The van der Waals surface area contributed by atoms with Gasteiger partial charge in [-0.1, -0.05) is 39.5 Å². The number of carbonyl (C=O) groups is 1. The van der Waals surface area contributed by atoms with Crippen molar-refractivity contribution in [2.45, 2.75) is 52.4 Å². The summed E-state index contributed by atoms with van der Waals surface area (Å²) in [6.45, 7) is 4.17. The van der Waals surface area contributed by atoms with E-state index < -0.39 is 5.97 Å². The van der Waals surface area contributed by atoms with Crippen LogP contribution in [0.4, 0.5) is 0 Å². The second-order valence-electron chi connectivity index (χ2n) is 3.32. The zero-order chi connectivity index (χ0) is 9.40. The largest absolute Gasteiger partial charge is 0.481 e. The summed E-state index contributed by atoms with van der Waals surface area (Å²) in [7, 11) is 0. The fourth-order valence-electron chi connectivity index (χ4n) is 1.38. The van der Waals surface area contributed by atoms with E-state index in [1.807, 2.05) is 6.92 Å². The summed E-state index contributed by atoms with van der Waals surface area (Å²) >= 11 is 0. The van der Waals surface area contributed by atoms with E-state index in [9.17, 15) is 4.79 Å². The Balaban J connectivity index is 0. The van der Waals surface area contributed by atoms with Crippen LogP contribution in [-0.2, 0) is 4.79 Å². The van der Waals surface area contributed by atoms with Gasteiger partial charge in [-0.05, 0) is 12.8 Å². The van der Waals surface area contributed by atoms with Crippen molar-refractivity contribution in [3.05, 3.63) is 0 Å². The van der Waals surface area contributed by atoms with Crippen LogP contribution in [0.1, 0.15) is 52.4 Å². The summed E-state index contributed by atoms with van der Waals surface area (Å²) in [5, 5.41) is 8.80. The van der Waals surface area contributed by atoms with Crippen molar-refractivity contribution in [2.24, 2.45) is 5.92 Å². The second kappa shape index (κ2) is 10.5. The van der Waals surface area contributed by atoms with Gasteiger partial charge < -0.3 is 5.11 Å². The first-order valence-corrected chi connectivity index (χ1v) is 4.95. The van der Waals surface area contributed by atoms with Gasteiger partial charge in [0.15, 0.2) is 0 Å². The van der Waals surface area contributed by atoms with E-state index in [1.54, 1.807) is 0 Å². The molecule has 0 aromatic carbocycles. The molecule has 0 aliphatic rings. The van der Waals surface area contributed by atoms with Crippen molar-refractivity contribution < 1.29 is 9.90 Å². The molecule has 76 valence electrons. The molecule has 0 saturated heterocycles. The number of carboxylic acids is 1. The van der Waals surface area contributed by atoms with Crippen LogP contribution in [0.5, 0.6) is 0 Å². The van der Waals surface area contributed by atoms with Gasteiger partial charge in [0.1, 0.15) is 0 Å². The average Bonchev–Trinajstić information content (AvgIpc) is 2.03. The smallest absolute Gasteiger partial charge is 0.306 e. The van der Waals surface area contributed by atoms with Gasteiger partial charge in [0.25, 0.3) is 0 Å². The topological polar surface area (TPSA) is 37.3 Å². The molecule has 0 saturated carbocycles. The Hall–Kier alpha value is 0.392. The Morgan fingerprint density at radius 1 is 1.15 bits per heavy atom. The van der Waals surface area contributed by atoms with Crippen LogP contribution in [-0.4, -0.2) is 38.4 Å². The van der Waals surface area contributed by atoms with Crippen LogP contribution in [0.15, 0.2) is 0 Å². The summed E-state index contributed by atoms with van der Waals surface area (Å²) in [5.74, 6) is -0.713. The van der Waals surface area contributed by atoms with Gasteiger partial charge in [0.05, 0.1) is 5.92 Å². The first-order chi connectivity index (χ1) is 5.72. The zero-order valence-electron chi connectivity index (χ0n) is 8.68. The molecule has 0 aromatic rings. The van der Waals surface area contributed by atoms with Crippen molar-refractivity contribution in [2.75, 3.05) is 0 Å². The summed E-state index contributed by atoms with van der Waals surface area (Å²) in [5.41, 5.74) is 0. The van der Waals surface area contributed by atoms with Gasteiger partial charge in [0.2, 0.25) is 0 Å². The molecule has 0 aromatic heterocycles. The SMILES string of the molecule is CCCCCC(CCC)C(=O)O.[Pb]. The Morgan fingerprint density at radius 2 is 1.77 bits per heavy atom. The summed E-state index contributed by atoms with van der Waals surface area (Å²) in [6, 6.07) is 0. The molecule has 0 rings (SSSR count). The fourth-order valence-corrected chi connectivity index (χ4v) is 1.38. The normalized spacial score (nSPS) is 11.8. The zero-order valence-corrected chi connectivity index (χ0v) is 12.6. The average molecular weight is 379 g/mol. The maximum absolute atomic E-state index is 10.7. The first-order valence-electron chi connectivity index (χ1n) is 4.95. The van der Waals surface area contributed by atoms with E-state index in [1.165, 1.54) is 6.42 Å². The molecule has 2 nitrogen and oxygen atoms in total. The molecule has 0 heterocycles. The van der Waals surface area contributed by atoms with E-state index in [0.29, 0.717) is 0 Å². The van der Waals surface area contributed by atoms with Gasteiger partial charge in [-0.2, -0.15) is 0 Å². The number of aliphatic carboxylic acids is 1. The molecule has 0 aliphatic heterocycles. The number of hydrogen-bond acceptors (Lipinski definition) is 1. The third-order valence-electron chi connectivity index (χ3n) is 2.14. The van der Waals surface area contributed by atoms with Crippen LogP contribution in [0.2, 0.25) is 0 Å². The molecule has 0 bridgehead atoms. The molecule has 0 spiro atoms. The number of unbranched alkanes of at least 4 members (excludes halogenated alkanes) is 2. The van der Waals surface area contributed by atoms with Crippen molar-refractivity contribution in [1.29, 1.82) is 0 Å². The monoisotopic (exact) mass is 380 g/mol. The number of rotatable bonds is 7. The minimum absolute atomic E-state index is 0.